The number of rotatable bonds is 3. The lowest BCUT2D eigenvalue weighted by atomic mass is 10.2. The number of nitrogens with zero attached hydrogens (tertiary/aromatic N) is 3. The van der Waals surface area contributed by atoms with Crippen LogP contribution in [0.25, 0.3) is 0 Å². The highest BCUT2D eigenvalue weighted by Crippen LogP contribution is 2.09. The van der Waals surface area contributed by atoms with E-state index in [1.165, 1.54) is 6.20 Å². The summed E-state index contributed by atoms with van der Waals surface area (Å²) in [5.74, 6) is -0.949. The molecular formula is C11H11N3O2. The summed E-state index contributed by atoms with van der Waals surface area (Å²) < 4.78 is 1.65. The van der Waals surface area contributed by atoms with Crippen molar-refractivity contribution in [3.8, 4) is 0 Å². The van der Waals surface area contributed by atoms with Gasteiger partial charge < -0.3 is 5.11 Å². The molecule has 0 atom stereocenters. The molecule has 0 amide bonds. The third-order valence-electron chi connectivity index (χ3n) is 2.39. The van der Waals surface area contributed by atoms with Gasteiger partial charge in [-0.1, -0.05) is 6.07 Å². The van der Waals surface area contributed by atoms with E-state index in [4.69, 9.17) is 5.11 Å². The Morgan fingerprint density at radius 2 is 2.31 bits per heavy atom. The zero-order valence-corrected chi connectivity index (χ0v) is 8.79. The maximum atomic E-state index is 10.8. The molecule has 0 spiro atoms. The topological polar surface area (TPSA) is 68.0 Å². The van der Waals surface area contributed by atoms with Gasteiger partial charge in [-0.15, -0.1) is 0 Å². The number of hydrogen-bond acceptors (Lipinski definition) is 3. The van der Waals surface area contributed by atoms with E-state index < -0.39 is 5.97 Å². The van der Waals surface area contributed by atoms with Crippen molar-refractivity contribution in [3.63, 3.8) is 0 Å². The minimum absolute atomic E-state index is 0.240. The molecule has 1 N–H and O–H groups in total. The monoisotopic (exact) mass is 217 g/mol. The summed E-state index contributed by atoms with van der Waals surface area (Å²) in [5.41, 5.74) is 1.88. The molecule has 0 saturated carbocycles. The number of carbonyl (C=O) groups is 1. The van der Waals surface area contributed by atoms with E-state index in [0.29, 0.717) is 12.2 Å². The third-order valence-corrected chi connectivity index (χ3v) is 2.39. The maximum Gasteiger partial charge on any atom is 0.339 e. The molecule has 0 fully saturated rings. The first kappa shape index (κ1) is 10.4. The molecule has 5 heteroatoms. The van der Waals surface area contributed by atoms with Crippen LogP contribution in [0, 0.1) is 6.92 Å². The van der Waals surface area contributed by atoms with Gasteiger partial charge in [-0.25, -0.2) is 4.79 Å². The van der Waals surface area contributed by atoms with Gasteiger partial charge >= 0.3 is 5.97 Å². The highest BCUT2D eigenvalue weighted by molar-refractivity contribution is 5.88. The second-order valence-electron chi connectivity index (χ2n) is 3.47. The van der Waals surface area contributed by atoms with Gasteiger partial charge in [0.25, 0.3) is 0 Å². The van der Waals surface area contributed by atoms with Crippen LogP contribution in [-0.4, -0.2) is 25.8 Å². The summed E-state index contributed by atoms with van der Waals surface area (Å²) in [4.78, 5) is 14.8. The van der Waals surface area contributed by atoms with Crippen molar-refractivity contribution >= 4 is 5.97 Å². The molecule has 0 bridgehead atoms. The van der Waals surface area contributed by atoms with Gasteiger partial charge in [0.05, 0.1) is 18.4 Å². The SMILES string of the molecule is Cc1c(C(=O)O)cnn1Cc1cccnc1. The first-order chi connectivity index (χ1) is 7.68. The predicted molar refractivity (Wildman–Crippen MR) is 57.3 cm³/mol. The fraction of sp³-hybridized carbons (Fsp3) is 0.182. The fourth-order valence-corrected chi connectivity index (χ4v) is 1.48. The highest BCUT2D eigenvalue weighted by atomic mass is 16.4. The van der Waals surface area contributed by atoms with Gasteiger partial charge in [0.1, 0.15) is 5.56 Å². The van der Waals surface area contributed by atoms with E-state index in [2.05, 4.69) is 10.1 Å². The summed E-state index contributed by atoms with van der Waals surface area (Å²) in [6.07, 6.45) is 4.80. The molecule has 82 valence electrons. The first-order valence-electron chi connectivity index (χ1n) is 4.83. The zero-order valence-electron chi connectivity index (χ0n) is 8.79. The molecule has 2 heterocycles. The van der Waals surface area contributed by atoms with Gasteiger partial charge in [0.2, 0.25) is 0 Å². The van der Waals surface area contributed by atoms with Crippen molar-refractivity contribution in [2.45, 2.75) is 13.5 Å². The molecule has 0 aliphatic carbocycles. The normalized spacial score (nSPS) is 10.3. The van der Waals surface area contributed by atoms with E-state index in [0.717, 1.165) is 5.56 Å². The first-order valence-corrected chi connectivity index (χ1v) is 4.83. The maximum absolute atomic E-state index is 10.8. The summed E-state index contributed by atoms with van der Waals surface area (Å²) in [5, 5.41) is 12.9. The van der Waals surface area contributed by atoms with Gasteiger partial charge in [0, 0.05) is 12.4 Å². The van der Waals surface area contributed by atoms with E-state index in [1.807, 2.05) is 12.1 Å². The highest BCUT2D eigenvalue weighted by Gasteiger charge is 2.12. The van der Waals surface area contributed by atoms with Crippen LogP contribution in [0.1, 0.15) is 21.6 Å². The number of aromatic nitrogens is 3. The molecule has 0 aliphatic rings. The van der Waals surface area contributed by atoms with Crippen LogP contribution in [0.15, 0.2) is 30.7 Å². The summed E-state index contributed by atoms with van der Waals surface area (Å²) in [7, 11) is 0. The van der Waals surface area contributed by atoms with Crippen molar-refractivity contribution < 1.29 is 9.90 Å². The Kier molecular flexibility index (Phi) is 2.68. The van der Waals surface area contributed by atoms with Crippen molar-refractivity contribution in [2.75, 3.05) is 0 Å². The minimum Gasteiger partial charge on any atom is -0.478 e. The predicted octanol–water partition coefficient (Wildman–Crippen LogP) is 1.33. The van der Waals surface area contributed by atoms with Crippen molar-refractivity contribution in [1.82, 2.24) is 14.8 Å². The Morgan fingerprint density at radius 1 is 1.50 bits per heavy atom. The number of hydrogen-bond donors (Lipinski definition) is 1. The van der Waals surface area contributed by atoms with Crippen LogP contribution < -0.4 is 0 Å². The second kappa shape index (κ2) is 4.14. The number of carboxylic acids is 1. The molecule has 2 aromatic heterocycles. The zero-order chi connectivity index (χ0) is 11.5. The van der Waals surface area contributed by atoms with Crippen molar-refractivity contribution in [2.24, 2.45) is 0 Å². The van der Waals surface area contributed by atoms with Gasteiger partial charge in [-0.05, 0) is 18.6 Å². The molecule has 0 aromatic carbocycles. The lowest BCUT2D eigenvalue weighted by Crippen LogP contribution is -2.05. The van der Waals surface area contributed by atoms with Crippen LogP contribution in [0.2, 0.25) is 0 Å². The molecule has 16 heavy (non-hydrogen) atoms. The molecule has 2 aromatic rings. The summed E-state index contributed by atoms with van der Waals surface area (Å²) >= 11 is 0. The Hall–Kier alpha value is -2.17. The molecule has 0 unspecified atom stereocenters. The van der Waals surface area contributed by atoms with Gasteiger partial charge in [-0.3, -0.25) is 9.67 Å². The van der Waals surface area contributed by atoms with E-state index in [9.17, 15) is 4.79 Å². The number of pyridine rings is 1. The van der Waals surface area contributed by atoms with E-state index in [1.54, 1.807) is 24.0 Å². The second-order valence-corrected chi connectivity index (χ2v) is 3.47. The van der Waals surface area contributed by atoms with Crippen molar-refractivity contribution in [1.29, 1.82) is 0 Å². The van der Waals surface area contributed by atoms with Crippen LogP contribution >= 0.6 is 0 Å². The van der Waals surface area contributed by atoms with Crippen LogP contribution in [0.4, 0.5) is 0 Å². The Bertz CT molecular complexity index is 505. The Labute approximate surface area is 92.4 Å². The van der Waals surface area contributed by atoms with Crippen molar-refractivity contribution in [3.05, 3.63) is 47.5 Å². The molecule has 2 rings (SSSR count). The fourth-order valence-electron chi connectivity index (χ4n) is 1.48. The van der Waals surface area contributed by atoms with E-state index >= 15 is 0 Å². The van der Waals surface area contributed by atoms with E-state index in [-0.39, 0.29) is 5.56 Å². The average molecular weight is 217 g/mol. The summed E-state index contributed by atoms with van der Waals surface area (Å²) in [6, 6.07) is 3.76. The van der Waals surface area contributed by atoms with Crippen LogP contribution in [0.5, 0.6) is 0 Å². The Morgan fingerprint density at radius 3 is 2.88 bits per heavy atom. The molecule has 0 radical (unpaired) electrons. The third kappa shape index (κ3) is 1.93. The van der Waals surface area contributed by atoms with Crippen LogP contribution in [0.3, 0.4) is 0 Å². The molecule has 0 saturated heterocycles. The molecule has 0 aliphatic heterocycles. The minimum atomic E-state index is -0.949. The lowest BCUT2D eigenvalue weighted by Gasteiger charge is -2.03. The largest absolute Gasteiger partial charge is 0.478 e. The standard InChI is InChI=1S/C11H11N3O2/c1-8-10(11(15)16)6-13-14(8)7-9-3-2-4-12-5-9/h2-6H,7H2,1H3,(H,15,16). The molecular weight excluding hydrogens is 206 g/mol. The van der Waals surface area contributed by atoms with Crippen LogP contribution in [-0.2, 0) is 6.54 Å². The van der Waals surface area contributed by atoms with Gasteiger partial charge in [-0.2, -0.15) is 5.10 Å². The van der Waals surface area contributed by atoms with Gasteiger partial charge in [0.15, 0.2) is 0 Å². The molecule has 5 nitrogen and oxygen atoms in total. The lowest BCUT2D eigenvalue weighted by molar-refractivity contribution is 0.0696. The number of carboxylic acid groups (broad SMARTS) is 1. The Balaban J connectivity index is 2.26. The smallest absolute Gasteiger partial charge is 0.339 e. The average Bonchev–Trinajstić information content (AvgIpc) is 2.62. The summed E-state index contributed by atoms with van der Waals surface area (Å²) in [6.45, 7) is 2.28. The number of aromatic carboxylic acids is 1. The quantitative estimate of drug-likeness (QED) is 0.842.